The maximum atomic E-state index is 13.2. The van der Waals surface area contributed by atoms with Crippen LogP contribution in [0.1, 0.15) is 49.0 Å². The number of nitrogens with zero attached hydrogens (tertiary/aromatic N) is 1. The molecular formula is C23H23F3N2O7. The number of carbonyl (C=O) groups excluding carboxylic acids is 3. The highest BCUT2D eigenvalue weighted by molar-refractivity contribution is 5.98. The minimum atomic E-state index is -4.98. The molecule has 35 heavy (non-hydrogen) atoms. The number of esters is 1. The lowest BCUT2D eigenvalue weighted by molar-refractivity contribution is -0.385. The second-order valence-corrected chi connectivity index (χ2v) is 7.40. The number of hydrogen-bond donors (Lipinski definition) is 1. The van der Waals surface area contributed by atoms with E-state index in [1.54, 1.807) is 24.3 Å². The number of nitro groups is 1. The summed E-state index contributed by atoms with van der Waals surface area (Å²) in [5, 5.41) is 12.7. The Balaban J connectivity index is 1.93. The molecule has 2 aromatic carbocycles. The number of benzene rings is 2. The minimum absolute atomic E-state index is 0.205. The molecular weight excluding hydrogens is 473 g/mol. The third kappa shape index (κ3) is 8.09. The number of ketones is 1. The molecule has 1 amide bonds. The van der Waals surface area contributed by atoms with Gasteiger partial charge in [0, 0.05) is 24.1 Å². The first-order chi connectivity index (χ1) is 16.4. The van der Waals surface area contributed by atoms with Gasteiger partial charge in [-0.25, -0.2) is 0 Å². The Kier molecular flexibility index (Phi) is 9.32. The van der Waals surface area contributed by atoms with Gasteiger partial charge >= 0.3 is 12.1 Å². The van der Waals surface area contributed by atoms with Crippen molar-refractivity contribution in [3.8, 4) is 5.75 Å². The molecule has 9 nitrogen and oxygen atoms in total. The van der Waals surface area contributed by atoms with Gasteiger partial charge in [-0.3, -0.25) is 24.5 Å². The number of halogens is 3. The summed E-state index contributed by atoms with van der Waals surface area (Å²) in [6.45, 7) is 3.63. The van der Waals surface area contributed by atoms with Crippen LogP contribution in [0.3, 0.4) is 0 Å². The number of Topliss-reactive ketones (excluding diaryl/α,β-unsaturated/α-hetero) is 1. The third-order valence-electron chi connectivity index (χ3n) is 4.66. The first kappa shape index (κ1) is 27.3. The summed E-state index contributed by atoms with van der Waals surface area (Å²) in [5.41, 5.74) is -2.60. The lowest BCUT2D eigenvalue weighted by atomic mass is 10.1. The number of non-ortho nitro benzene ring substituents is 1. The second-order valence-electron chi connectivity index (χ2n) is 7.40. The van der Waals surface area contributed by atoms with Crippen molar-refractivity contribution in [3.63, 3.8) is 0 Å². The Labute approximate surface area is 198 Å². The summed E-state index contributed by atoms with van der Waals surface area (Å²) >= 11 is 0. The van der Waals surface area contributed by atoms with E-state index < -0.39 is 46.0 Å². The van der Waals surface area contributed by atoms with Gasteiger partial charge in [0.05, 0.1) is 29.2 Å². The fraction of sp³-hybridized carbons (Fsp3) is 0.348. The van der Waals surface area contributed by atoms with E-state index in [1.807, 2.05) is 12.2 Å². The SMILES string of the molecule is CCCOc1ccc(C(=O)CCC(=O)O[C@H](C)C(=O)Nc2ccc([N+](=O)[O-])cc2C(F)(F)F)cc1. The molecule has 0 radical (unpaired) electrons. The van der Waals surface area contributed by atoms with Gasteiger partial charge < -0.3 is 14.8 Å². The molecule has 0 aliphatic carbocycles. The number of anilines is 1. The van der Waals surface area contributed by atoms with Crippen molar-refractivity contribution in [1.29, 1.82) is 0 Å². The highest BCUT2D eigenvalue weighted by Crippen LogP contribution is 2.37. The fourth-order valence-electron chi connectivity index (χ4n) is 2.85. The van der Waals surface area contributed by atoms with Crippen LogP contribution in [0.15, 0.2) is 42.5 Å². The van der Waals surface area contributed by atoms with Crippen LogP contribution in [0, 0.1) is 10.1 Å². The highest BCUT2D eigenvalue weighted by Gasteiger charge is 2.36. The van der Waals surface area contributed by atoms with Crippen molar-refractivity contribution in [3.05, 3.63) is 63.7 Å². The average molecular weight is 496 g/mol. The standard InChI is InChI=1S/C23H23F3N2O7/c1-3-12-34-17-7-4-15(5-8-17)20(29)10-11-21(30)35-14(2)22(31)27-19-9-6-16(28(32)33)13-18(19)23(24,25)26/h4-9,13-14H,3,10-12H2,1-2H3,(H,27,31)/t14-/m1/s1. The molecule has 0 aromatic heterocycles. The zero-order valence-corrected chi connectivity index (χ0v) is 18.9. The molecule has 188 valence electrons. The van der Waals surface area contributed by atoms with Crippen molar-refractivity contribution < 1.29 is 42.0 Å². The Bertz CT molecular complexity index is 1090. The van der Waals surface area contributed by atoms with Crippen molar-refractivity contribution in [2.24, 2.45) is 0 Å². The first-order valence-electron chi connectivity index (χ1n) is 10.5. The van der Waals surface area contributed by atoms with E-state index in [0.717, 1.165) is 25.5 Å². The topological polar surface area (TPSA) is 125 Å². The van der Waals surface area contributed by atoms with Gasteiger partial charge in [0.25, 0.3) is 11.6 Å². The molecule has 0 aliphatic heterocycles. The molecule has 0 heterocycles. The summed E-state index contributed by atoms with van der Waals surface area (Å²) in [5.74, 6) is -1.72. The number of rotatable bonds is 11. The van der Waals surface area contributed by atoms with Gasteiger partial charge in [-0.2, -0.15) is 13.2 Å². The van der Waals surface area contributed by atoms with E-state index in [2.05, 4.69) is 0 Å². The van der Waals surface area contributed by atoms with Crippen LogP contribution >= 0.6 is 0 Å². The number of amides is 1. The summed E-state index contributed by atoms with van der Waals surface area (Å²) in [4.78, 5) is 46.3. The van der Waals surface area contributed by atoms with E-state index in [9.17, 15) is 37.7 Å². The minimum Gasteiger partial charge on any atom is -0.494 e. The third-order valence-corrected chi connectivity index (χ3v) is 4.66. The molecule has 1 N–H and O–H groups in total. The molecule has 0 saturated heterocycles. The Hall–Kier alpha value is -3.96. The maximum Gasteiger partial charge on any atom is 0.418 e. The van der Waals surface area contributed by atoms with E-state index >= 15 is 0 Å². The lowest BCUT2D eigenvalue weighted by Gasteiger charge is -2.17. The van der Waals surface area contributed by atoms with Gasteiger partial charge in [0.15, 0.2) is 11.9 Å². The van der Waals surface area contributed by atoms with Crippen LogP contribution in [0.2, 0.25) is 0 Å². The molecule has 0 spiro atoms. The van der Waals surface area contributed by atoms with Crippen LogP contribution in [0.4, 0.5) is 24.5 Å². The summed E-state index contributed by atoms with van der Waals surface area (Å²) in [6.07, 6.45) is -6.19. The zero-order chi connectivity index (χ0) is 26.2. The molecule has 2 rings (SSSR count). The van der Waals surface area contributed by atoms with Crippen LogP contribution in [0.25, 0.3) is 0 Å². The number of hydrogen-bond acceptors (Lipinski definition) is 7. The smallest absolute Gasteiger partial charge is 0.418 e. The summed E-state index contributed by atoms with van der Waals surface area (Å²) < 4.78 is 50.1. The van der Waals surface area contributed by atoms with E-state index in [1.165, 1.54) is 0 Å². The lowest BCUT2D eigenvalue weighted by Crippen LogP contribution is -2.31. The first-order valence-corrected chi connectivity index (χ1v) is 10.5. The number of nitro benzene ring substituents is 1. The van der Waals surface area contributed by atoms with Crippen molar-refractivity contribution >= 4 is 29.0 Å². The van der Waals surface area contributed by atoms with Gasteiger partial charge in [-0.15, -0.1) is 0 Å². The zero-order valence-electron chi connectivity index (χ0n) is 18.9. The summed E-state index contributed by atoms with van der Waals surface area (Å²) in [6, 6.07) is 8.19. The maximum absolute atomic E-state index is 13.2. The van der Waals surface area contributed by atoms with Crippen molar-refractivity contribution in [1.82, 2.24) is 0 Å². The summed E-state index contributed by atoms with van der Waals surface area (Å²) in [7, 11) is 0. The number of ether oxygens (including phenoxy) is 2. The molecule has 0 aliphatic rings. The Morgan fingerprint density at radius 2 is 1.74 bits per heavy atom. The number of alkyl halides is 3. The predicted octanol–water partition coefficient (Wildman–Crippen LogP) is 4.94. The van der Waals surface area contributed by atoms with Gasteiger partial charge in [0.2, 0.25) is 0 Å². The van der Waals surface area contributed by atoms with Crippen molar-refractivity contribution in [2.75, 3.05) is 11.9 Å². The monoisotopic (exact) mass is 496 g/mol. The van der Waals surface area contributed by atoms with Gasteiger partial charge in [-0.1, -0.05) is 6.92 Å². The normalized spacial score (nSPS) is 11.9. The molecule has 1 atom stereocenters. The van der Waals surface area contributed by atoms with Crippen molar-refractivity contribution in [2.45, 2.75) is 45.4 Å². The van der Waals surface area contributed by atoms with E-state index in [0.29, 0.717) is 24.0 Å². The van der Waals surface area contributed by atoms with Gasteiger partial charge in [0.1, 0.15) is 5.75 Å². The van der Waals surface area contributed by atoms with Crippen LogP contribution in [0.5, 0.6) is 5.75 Å². The Morgan fingerprint density at radius 1 is 1.09 bits per heavy atom. The predicted molar refractivity (Wildman–Crippen MR) is 118 cm³/mol. The molecule has 0 bridgehead atoms. The van der Waals surface area contributed by atoms with Gasteiger partial charge in [-0.05, 0) is 43.7 Å². The molecule has 0 unspecified atom stereocenters. The highest BCUT2D eigenvalue weighted by atomic mass is 19.4. The number of nitrogens with one attached hydrogen (secondary N) is 1. The molecule has 2 aromatic rings. The fourth-order valence-corrected chi connectivity index (χ4v) is 2.85. The number of carbonyl (C=O) groups is 3. The Morgan fingerprint density at radius 3 is 2.31 bits per heavy atom. The second kappa shape index (κ2) is 12.0. The van der Waals surface area contributed by atoms with E-state index in [-0.39, 0.29) is 18.6 Å². The quantitative estimate of drug-likeness (QED) is 0.202. The molecule has 0 fully saturated rings. The van der Waals surface area contributed by atoms with Crippen LogP contribution in [-0.4, -0.2) is 35.3 Å². The van der Waals surface area contributed by atoms with E-state index in [4.69, 9.17) is 9.47 Å². The largest absolute Gasteiger partial charge is 0.494 e. The average Bonchev–Trinajstić information content (AvgIpc) is 2.80. The van der Waals surface area contributed by atoms with Crippen LogP contribution < -0.4 is 10.1 Å². The van der Waals surface area contributed by atoms with Crippen LogP contribution in [-0.2, 0) is 20.5 Å². The molecule has 0 saturated carbocycles. The molecule has 12 heteroatoms.